The molecule has 0 bridgehead atoms. The summed E-state index contributed by atoms with van der Waals surface area (Å²) in [5.74, 6) is -1.44. The van der Waals surface area contributed by atoms with Gasteiger partial charge in [-0.1, -0.05) is 25.1 Å². The fraction of sp³-hybridized carbons (Fsp3) is 0.211. The lowest BCUT2D eigenvalue weighted by molar-refractivity contribution is -0.134. The zero-order valence-electron chi connectivity index (χ0n) is 14.5. The molecule has 3 rings (SSSR count). The number of nitrogens with zero attached hydrogens (tertiary/aromatic N) is 1. The van der Waals surface area contributed by atoms with Crippen molar-refractivity contribution < 1.29 is 18.8 Å². The number of urea groups is 1. The Bertz CT molecular complexity index is 903. The minimum absolute atomic E-state index is 0.276. The first-order valence-corrected chi connectivity index (χ1v) is 9.39. The molecule has 0 spiro atoms. The van der Waals surface area contributed by atoms with Crippen molar-refractivity contribution in [3.63, 3.8) is 0 Å². The Kier molecular flexibility index (Phi) is 5.45. The van der Waals surface area contributed by atoms with Crippen molar-refractivity contribution in [2.24, 2.45) is 0 Å². The minimum atomic E-state index is -1.30. The Balaban J connectivity index is 1.78. The second-order valence-electron chi connectivity index (χ2n) is 6.15. The lowest BCUT2D eigenvalue weighted by Crippen LogP contribution is -2.44. The Labute approximate surface area is 169 Å². The maximum Gasteiger partial charge on any atom is 0.325 e. The molecule has 2 N–H and O–H groups in total. The molecule has 2 aromatic rings. The van der Waals surface area contributed by atoms with Gasteiger partial charge >= 0.3 is 6.03 Å². The van der Waals surface area contributed by atoms with Gasteiger partial charge in [0, 0.05) is 9.26 Å². The van der Waals surface area contributed by atoms with Crippen molar-refractivity contribution in [2.45, 2.75) is 18.9 Å². The van der Waals surface area contributed by atoms with Crippen molar-refractivity contribution in [1.82, 2.24) is 10.2 Å². The van der Waals surface area contributed by atoms with E-state index in [4.69, 9.17) is 0 Å². The number of imide groups is 1. The fourth-order valence-corrected chi connectivity index (χ4v) is 3.60. The Hall–Kier alpha value is -2.49. The molecule has 27 heavy (non-hydrogen) atoms. The van der Waals surface area contributed by atoms with Crippen LogP contribution in [-0.4, -0.2) is 29.3 Å². The molecule has 0 radical (unpaired) electrons. The number of carbonyl (C=O) groups excluding carboxylic acids is 3. The van der Waals surface area contributed by atoms with Crippen LogP contribution in [0.1, 0.15) is 18.9 Å². The molecule has 4 amide bonds. The maximum atomic E-state index is 13.2. The van der Waals surface area contributed by atoms with Crippen LogP contribution in [-0.2, 0) is 15.1 Å². The number of halogens is 2. The van der Waals surface area contributed by atoms with Crippen molar-refractivity contribution in [3.05, 3.63) is 63.5 Å². The summed E-state index contributed by atoms with van der Waals surface area (Å²) in [6.45, 7) is 1.34. The lowest BCUT2D eigenvalue weighted by Gasteiger charge is -2.25. The van der Waals surface area contributed by atoms with Crippen LogP contribution < -0.4 is 10.6 Å². The summed E-state index contributed by atoms with van der Waals surface area (Å²) in [5, 5.41) is 5.34. The van der Waals surface area contributed by atoms with E-state index in [9.17, 15) is 18.8 Å². The molecule has 1 unspecified atom stereocenters. The molecule has 2 aromatic carbocycles. The highest BCUT2D eigenvalue weighted by molar-refractivity contribution is 14.1. The summed E-state index contributed by atoms with van der Waals surface area (Å²) in [6.07, 6.45) is 0.276. The van der Waals surface area contributed by atoms with Crippen LogP contribution in [0.25, 0.3) is 0 Å². The molecular weight excluding hydrogens is 464 g/mol. The van der Waals surface area contributed by atoms with Gasteiger partial charge in [-0.25, -0.2) is 9.18 Å². The van der Waals surface area contributed by atoms with E-state index in [0.29, 0.717) is 11.3 Å². The Morgan fingerprint density at radius 2 is 1.93 bits per heavy atom. The van der Waals surface area contributed by atoms with Crippen molar-refractivity contribution in [1.29, 1.82) is 0 Å². The number of amides is 4. The van der Waals surface area contributed by atoms with Crippen LogP contribution in [0.5, 0.6) is 0 Å². The van der Waals surface area contributed by atoms with Crippen LogP contribution >= 0.6 is 22.6 Å². The topological polar surface area (TPSA) is 78.5 Å². The molecule has 6 nitrogen and oxygen atoms in total. The molecule has 1 saturated heterocycles. The first-order chi connectivity index (χ1) is 12.9. The summed E-state index contributed by atoms with van der Waals surface area (Å²) in [7, 11) is 0. The van der Waals surface area contributed by atoms with Gasteiger partial charge in [-0.15, -0.1) is 0 Å². The molecule has 0 aromatic heterocycles. The van der Waals surface area contributed by atoms with Crippen LogP contribution in [0.2, 0.25) is 0 Å². The normalized spacial score (nSPS) is 19.1. The van der Waals surface area contributed by atoms with Crippen molar-refractivity contribution in [3.8, 4) is 0 Å². The molecule has 0 saturated carbocycles. The van der Waals surface area contributed by atoms with Crippen LogP contribution in [0, 0.1) is 9.39 Å². The smallest absolute Gasteiger partial charge is 0.324 e. The average molecular weight is 481 g/mol. The van der Waals surface area contributed by atoms with E-state index in [1.807, 2.05) is 6.07 Å². The first kappa shape index (κ1) is 19.3. The highest BCUT2D eigenvalue weighted by atomic mass is 127. The third kappa shape index (κ3) is 3.80. The fourth-order valence-electron chi connectivity index (χ4n) is 3.05. The number of anilines is 1. The summed E-state index contributed by atoms with van der Waals surface area (Å²) in [4.78, 5) is 38.5. The lowest BCUT2D eigenvalue weighted by atomic mass is 9.87. The van der Waals surface area contributed by atoms with E-state index in [1.54, 1.807) is 25.1 Å². The summed E-state index contributed by atoms with van der Waals surface area (Å²) >= 11 is 2.12. The number of nitrogens with one attached hydrogen (secondary N) is 2. The monoisotopic (exact) mass is 481 g/mol. The molecule has 1 aliphatic rings. The summed E-state index contributed by atoms with van der Waals surface area (Å²) < 4.78 is 14.2. The van der Waals surface area contributed by atoms with Gasteiger partial charge in [-0.05, 0) is 64.9 Å². The van der Waals surface area contributed by atoms with E-state index in [1.165, 1.54) is 24.3 Å². The SMILES string of the molecule is CCC1(c2ccc(F)cc2)NC(=O)N(CC(=O)Nc2cccc(I)c2)C1=O. The van der Waals surface area contributed by atoms with Crippen LogP contribution in [0.4, 0.5) is 14.9 Å². The zero-order chi connectivity index (χ0) is 19.6. The predicted octanol–water partition coefficient (Wildman–Crippen LogP) is 3.23. The molecule has 0 aliphatic carbocycles. The molecule has 1 fully saturated rings. The second kappa shape index (κ2) is 7.63. The van der Waals surface area contributed by atoms with Gasteiger partial charge in [0.25, 0.3) is 5.91 Å². The number of benzene rings is 2. The first-order valence-electron chi connectivity index (χ1n) is 8.31. The second-order valence-corrected chi connectivity index (χ2v) is 7.39. The van der Waals surface area contributed by atoms with Gasteiger partial charge < -0.3 is 10.6 Å². The average Bonchev–Trinajstić information content (AvgIpc) is 2.87. The standard InChI is InChI=1S/C19H17FIN3O3/c1-2-19(12-6-8-13(20)9-7-12)17(26)24(18(27)23-19)11-16(25)22-15-5-3-4-14(21)10-15/h3-10H,2,11H2,1H3,(H,22,25)(H,23,27). The predicted molar refractivity (Wildman–Crippen MR) is 106 cm³/mol. The number of hydrogen-bond acceptors (Lipinski definition) is 3. The van der Waals surface area contributed by atoms with Gasteiger partial charge in [0.05, 0.1) is 0 Å². The van der Waals surface area contributed by atoms with Gasteiger partial charge in [0.2, 0.25) is 5.91 Å². The van der Waals surface area contributed by atoms with Crippen molar-refractivity contribution in [2.75, 3.05) is 11.9 Å². The van der Waals surface area contributed by atoms with E-state index in [2.05, 4.69) is 33.2 Å². The van der Waals surface area contributed by atoms with Crippen LogP contribution in [0.15, 0.2) is 48.5 Å². The third-order valence-electron chi connectivity index (χ3n) is 4.45. The summed E-state index contributed by atoms with van der Waals surface area (Å²) in [6, 6.07) is 11.9. The minimum Gasteiger partial charge on any atom is -0.324 e. The van der Waals surface area contributed by atoms with E-state index < -0.39 is 35.7 Å². The van der Waals surface area contributed by atoms with E-state index >= 15 is 0 Å². The van der Waals surface area contributed by atoms with Gasteiger partial charge in [0.1, 0.15) is 17.9 Å². The quantitative estimate of drug-likeness (QED) is 0.509. The number of carbonyl (C=O) groups is 3. The maximum absolute atomic E-state index is 13.2. The van der Waals surface area contributed by atoms with Crippen LogP contribution in [0.3, 0.4) is 0 Å². The summed E-state index contributed by atoms with van der Waals surface area (Å²) in [5.41, 5.74) is -0.239. The van der Waals surface area contributed by atoms with Crippen molar-refractivity contribution >= 4 is 46.1 Å². The highest BCUT2D eigenvalue weighted by Crippen LogP contribution is 2.32. The molecule has 1 heterocycles. The molecule has 140 valence electrons. The third-order valence-corrected chi connectivity index (χ3v) is 5.12. The van der Waals surface area contributed by atoms with E-state index in [0.717, 1.165) is 8.47 Å². The zero-order valence-corrected chi connectivity index (χ0v) is 16.6. The largest absolute Gasteiger partial charge is 0.325 e. The van der Waals surface area contributed by atoms with Gasteiger partial charge in [-0.3, -0.25) is 14.5 Å². The highest BCUT2D eigenvalue weighted by Gasteiger charge is 2.51. The molecule has 1 atom stereocenters. The Morgan fingerprint density at radius 1 is 1.22 bits per heavy atom. The Morgan fingerprint density at radius 3 is 2.56 bits per heavy atom. The number of hydrogen-bond donors (Lipinski definition) is 2. The molecule has 8 heteroatoms. The molecule has 1 aliphatic heterocycles. The van der Waals surface area contributed by atoms with Gasteiger partial charge in [-0.2, -0.15) is 0 Å². The molecular formula is C19H17FIN3O3. The van der Waals surface area contributed by atoms with E-state index in [-0.39, 0.29) is 6.42 Å². The number of rotatable bonds is 5. The van der Waals surface area contributed by atoms with Gasteiger partial charge in [0.15, 0.2) is 0 Å².